The van der Waals surface area contributed by atoms with E-state index in [-0.39, 0.29) is 5.84 Å². The number of amidine groups is 1. The summed E-state index contributed by atoms with van der Waals surface area (Å²) < 4.78 is 5.55. The number of hydrogen-bond acceptors (Lipinski definition) is 3. The lowest BCUT2D eigenvalue weighted by molar-refractivity contribution is 0.294. The average Bonchev–Trinajstić information content (AvgIpc) is 2.24. The fourth-order valence-electron chi connectivity index (χ4n) is 1.49. The summed E-state index contributed by atoms with van der Waals surface area (Å²) in [6.45, 7) is 4.67. The highest BCUT2D eigenvalue weighted by Crippen LogP contribution is 2.18. The minimum atomic E-state index is 0.0103. The van der Waals surface area contributed by atoms with Crippen LogP contribution in [0.15, 0.2) is 12.3 Å². The molecule has 0 aromatic carbocycles. The van der Waals surface area contributed by atoms with Crippen LogP contribution in [0.25, 0.3) is 0 Å². The highest BCUT2D eigenvalue weighted by atomic mass is 16.5. The number of aryl methyl sites for hydroxylation is 1. The van der Waals surface area contributed by atoms with Crippen LogP contribution in [-0.2, 0) is 0 Å². The first-order chi connectivity index (χ1) is 7.66. The highest BCUT2D eigenvalue weighted by Gasteiger charge is 2.10. The van der Waals surface area contributed by atoms with E-state index in [1.807, 2.05) is 13.0 Å². The van der Waals surface area contributed by atoms with Crippen molar-refractivity contribution in [1.82, 2.24) is 4.98 Å². The number of nitrogens with two attached hydrogens (primary N) is 1. The van der Waals surface area contributed by atoms with Gasteiger partial charge in [-0.15, -0.1) is 0 Å². The van der Waals surface area contributed by atoms with Gasteiger partial charge in [0.1, 0.15) is 5.84 Å². The van der Waals surface area contributed by atoms with Gasteiger partial charge in [0, 0.05) is 6.20 Å². The van der Waals surface area contributed by atoms with E-state index in [0.29, 0.717) is 18.1 Å². The number of aromatic nitrogens is 1. The molecule has 4 heteroatoms. The van der Waals surface area contributed by atoms with E-state index in [1.165, 1.54) is 0 Å². The van der Waals surface area contributed by atoms with Gasteiger partial charge in [0.15, 0.2) is 0 Å². The van der Waals surface area contributed by atoms with Crippen LogP contribution in [0, 0.1) is 12.3 Å². The highest BCUT2D eigenvalue weighted by molar-refractivity contribution is 5.98. The van der Waals surface area contributed by atoms with Gasteiger partial charge in [-0.3, -0.25) is 5.41 Å². The Morgan fingerprint density at radius 3 is 2.88 bits per heavy atom. The molecule has 0 fully saturated rings. The SMILES string of the molecule is CCCCCOc1nccc(C)c1C(=N)N. The molecule has 1 aromatic rings. The predicted octanol–water partition coefficient (Wildman–Crippen LogP) is 2.24. The van der Waals surface area contributed by atoms with Crippen molar-refractivity contribution in [2.45, 2.75) is 33.1 Å². The van der Waals surface area contributed by atoms with Crippen molar-refractivity contribution in [2.75, 3.05) is 6.61 Å². The molecule has 0 atom stereocenters. The molecule has 0 aliphatic heterocycles. The normalized spacial score (nSPS) is 10.1. The molecule has 0 bridgehead atoms. The van der Waals surface area contributed by atoms with Gasteiger partial charge in [-0.05, 0) is 25.0 Å². The fraction of sp³-hybridized carbons (Fsp3) is 0.500. The van der Waals surface area contributed by atoms with Gasteiger partial charge < -0.3 is 10.5 Å². The Hall–Kier alpha value is -1.58. The summed E-state index contributed by atoms with van der Waals surface area (Å²) in [6, 6.07) is 1.83. The summed E-state index contributed by atoms with van der Waals surface area (Å²) in [7, 11) is 0. The Balaban J connectivity index is 2.71. The maximum atomic E-state index is 7.49. The molecule has 16 heavy (non-hydrogen) atoms. The average molecular weight is 221 g/mol. The first-order valence-corrected chi connectivity index (χ1v) is 5.59. The fourth-order valence-corrected chi connectivity index (χ4v) is 1.49. The number of hydrogen-bond donors (Lipinski definition) is 2. The molecule has 0 unspecified atom stereocenters. The van der Waals surface area contributed by atoms with E-state index in [4.69, 9.17) is 15.9 Å². The predicted molar refractivity (Wildman–Crippen MR) is 65.0 cm³/mol. The molecule has 0 saturated carbocycles. The van der Waals surface area contributed by atoms with Crippen molar-refractivity contribution >= 4 is 5.84 Å². The molecule has 0 saturated heterocycles. The Bertz CT molecular complexity index is 363. The van der Waals surface area contributed by atoms with Crippen LogP contribution in [0.3, 0.4) is 0 Å². The lowest BCUT2D eigenvalue weighted by Gasteiger charge is -2.11. The third-order valence-electron chi connectivity index (χ3n) is 2.38. The summed E-state index contributed by atoms with van der Waals surface area (Å²) in [5.74, 6) is 0.486. The van der Waals surface area contributed by atoms with Gasteiger partial charge >= 0.3 is 0 Å². The molecule has 3 N–H and O–H groups in total. The lowest BCUT2D eigenvalue weighted by atomic mass is 10.1. The van der Waals surface area contributed by atoms with E-state index < -0.39 is 0 Å². The molecule has 0 radical (unpaired) electrons. The monoisotopic (exact) mass is 221 g/mol. The summed E-state index contributed by atoms with van der Waals surface area (Å²) in [6.07, 6.45) is 4.98. The van der Waals surface area contributed by atoms with Crippen molar-refractivity contribution in [3.05, 3.63) is 23.4 Å². The maximum Gasteiger partial charge on any atom is 0.224 e. The van der Waals surface area contributed by atoms with Crippen LogP contribution in [0.4, 0.5) is 0 Å². The van der Waals surface area contributed by atoms with Crippen LogP contribution in [-0.4, -0.2) is 17.4 Å². The summed E-state index contributed by atoms with van der Waals surface area (Å²) in [5.41, 5.74) is 7.04. The number of rotatable bonds is 6. The molecule has 1 aromatic heterocycles. The van der Waals surface area contributed by atoms with Crippen molar-refractivity contribution in [2.24, 2.45) is 5.73 Å². The molecule has 1 rings (SSSR count). The molecule has 0 spiro atoms. The molecule has 4 nitrogen and oxygen atoms in total. The number of nitrogens with one attached hydrogen (secondary N) is 1. The van der Waals surface area contributed by atoms with Crippen molar-refractivity contribution in [1.29, 1.82) is 5.41 Å². The zero-order valence-corrected chi connectivity index (χ0v) is 9.92. The van der Waals surface area contributed by atoms with Gasteiger partial charge in [-0.1, -0.05) is 19.8 Å². The van der Waals surface area contributed by atoms with Gasteiger partial charge in [0.25, 0.3) is 0 Å². The van der Waals surface area contributed by atoms with E-state index in [0.717, 1.165) is 24.8 Å². The topological polar surface area (TPSA) is 72.0 Å². The molecular formula is C12H19N3O. The van der Waals surface area contributed by atoms with Gasteiger partial charge in [-0.25, -0.2) is 4.98 Å². The van der Waals surface area contributed by atoms with E-state index in [1.54, 1.807) is 6.20 Å². The van der Waals surface area contributed by atoms with Gasteiger partial charge in [0.2, 0.25) is 5.88 Å². The van der Waals surface area contributed by atoms with Crippen molar-refractivity contribution < 1.29 is 4.74 Å². The number of ether oxygens (including phenoxy) is 1. The second-order valence-corrected chi connectivity index (χ2v) is 3.78. The molecule has 88 valence electrons. The number of pyridine rings is 1. The molecular weight excluding hydrogens is 202 g/mol. The smallest absolute Gasteiger partial charge is 0.224 e. The molecule has 0 aliphatic carbocycles. The Morgan fingerprint density at radius 2 is 2.25 bits per heavy atom. The van der Waals surface area contributed by atoms with Crippen LogP contribution >= 0.6 is 0 Å². The second kappa shape index (κ2) is 6.10. The number of nitrogen functional groups attached to an aromatic ring is 1. The lowest BCUT2D eigenvalue weighted by Crippen LogP contribution is -2.16. The van der Waals surface area contributed by atoms with Crippen molar-refractivity contribution in [3.8, 4) is 5.88 Å². The third kappa shape index (κ3) is 3.22. The van der Waals surface area contributed by atoms with E-state index in [2.05, 4.69) is 11.9 Å². The van der Waals surface area contributed by atoms with Gasteiger partial charge in [0.05, 0.1) is 12.2 Å². The van der Waals surface area contributed by atoms with Gasteiger partial charge in [-0.2, -0.15) is 0 Å². The van der Waals surface area contributed by atoms with Crippen molar-refractivity contribution in [3.63, 3.8) is 0 Å². The van der Waals surface area contributed by atoms with E-state index in [9.17, 15) is 0 Å². The van der Waals surface area contributed by atoms with Crippen LogP contribution in [0.2, 0.25) is 0 Å². The number of nitrogens with zero attached hydrogens (tertiary/aromatic N) is 1. The second-order valence-electron chi connectivity index (χ2n) is 3.78. The summed E-state index contributed by atoms with van der Waals surface area (Å²) in [5, 5.41) is 7.49. The number of unbranched alkanes of at least 4 members (excludes halogenated alkanes) is 2. The maximum absolute atomic E-state index is 7.49. The van der Waals surface area contributed by atoms with Crippen LogP contribution in [0.5, 0.6) is 5.88 Å². The molecule has 0 aliphatic rings. The zero-order valence-electron chi connectivity index (χ0n) is 9.92. The molecule has 1 heterocycles. The Labute approximate surface area is 96.3 Å². The molecule has 0 amide bonds. The summed E-state index contributed by atoms with van der Waals surface area (Å²) in [4.78, 5) is 4.12. The first-order valence-electron chi connectivity index (χ1n) is 5.59. The van der Waals surface area contributed by atoms with Crippen LogP contribution in [0.1, 0.15) is 37.3 Å². The third-order valence-corrected chi connectivity index (χ3v) is 2.38. The van der Waals surface area contributed by atoms with Crippen LogP contribution < -0.4 is 10.5 Å². The minimum absolute atomic E-state index is 0.0103. The first kappa shape index (κ1) is 12.5. The quantitative estimate of drug-likeness (QED) is 0.439. The zero-order chi connectivity index (χ0) is 12.0. The van der Waals surface area contributed by atoms with E-state index >= 15 is 0 Å². The minimum Gasteiger partial charge on any atom is -0.477 e. The largest absolute Gasteiger partial charge is 0.477 e. The Morgan fingerprint density at radius 1 is 1.50 bits per heavy atom. The Kier molecular flexibility index (Phi) is 4.76. The standard InChI is InChI=1S/C12H19N3O/c1-3-4-5-8-16-12-10(11(13)14)9(2)6-7-15-12/h6-7H,3-5,8H2,1-2H3,(H3,13,14). The summed E-state index contributed by atoms with van der Waals surface area (Å²) >= 11 is 0.